The van der Waals surface area contributed by atoms with Crippen molar-refractivity contribution < 1.29 is 23.9 Å². The van der Waals surface area contributed by atoms with Gasteiger partial charge in [0.25, 0.3) is 0 Å². The molecule has 1 aromatic carbocycles. The maximum Gasteiger partial charge on any atom is 0.408 e. The second-order valence-corrected chi connectivity index (χ2v) is 9.13. The average Bonchev–Trinajstić information content (AvgIpc) is 2.62. The van der Waals surface area contributed by atoms with Gasteiger partial charge in [-0.25, -0.2) is 4.79 Å². The van der Waals surface area contributed by atoms with Crippen LogP contribution in [0.25, 0.3) is 0 Å². The number of carbonyl (C=O) groups is 4. The minimum absolute atomic E-state index is 0.0237. The number of benzene rings is 1. The fraction of sp³-hybridized carbons (Fsp3) is 0.565. The molecule has 4 N–H and O–H groups in total. The zero-order valence-electron chi connectivity index (χ0n) is 20.0. The summed E-state index contributed by atoms with van der Waals surface area (Å²) in [6, 6.07) is 5.13. The number of likely N-dealkylation sites (N-methyl/N-ethyl adjacent to an activating group) is 1. The molecule has 0 saturated carbocycles. The number of hydrogen-bond donors (Lipinski definition) is 3. The molecule has 0 aromatic heterocycles. The largest absolute Gasteiger partial charge is 0.444 e. The lowest BCUT2D eigenvalue weighted by molar-refractivity contribution is -0.141. The Labute approximate surface area is 190 Å². The van der Waals surface area contributed by atoms with Gasteiger partial charge in [-0.1, -0.05) is 29.8 Å². The highest BCUT2D eigenvalue weighted by Crippen LogP contribution is 2.23. The van der Waals surface area contributed by atoms with Gasteiger partial charge in [-0.05, 0) is 53.5 Å². The van der Waals surface area contributed by atoms with E-state index in [4.69, 9.17) is 10.5 Å². The Bertz CT molecular complexity index is 832. The van der Waals surface area contributed by atoms with Crippen molar-refractivity contribution >= 4 is 23.8 Å². The van der Waals surface area contributed by atoms with Crippen molar-refractivity contribution in [3.05, 3.63) is 35.4 Å². The van der Waals surface area contributed by atoms with Crippen molar-refractivity contribution in [1.29, 1.82) is 0 Å². The molecule has 0 saturated heterocycles. The molecule has 2 atom stereocenters. The van der Waals surface area contributed by atoms with Gasteiger partial charge in [-0.2, -0.15) is 0 Å². The van der Waals surface area contributed by atoms with E-state index >= 15 is 0 Å². The Morgan fingerprint density at radius 3 is 2.25 bits per heavy atom. The van der Waals surface area contributed by atoms with Crippen LogP contribution in [0.1, 0.15) is 64.6 Å². The third-order valence-electron chi connectivity index (χ3n) is 4.44. The summed E-state index contributed by atoms with van der Waals surface area (Å²) in [5, 5.41) is 5.35. The molecule has 0 aliphatic rings. The first-order valence-corrected chi connectivity index (χ1v) is 10.6. The van der Waals surface area contributed by atoms with Crippen molar-refractivity contribution in [3.63, 3.8) is 0 Å². The lowest BCUT2D eigenvalue weighted by Crippen LogP contribution is -2.52. The van der Waals surface area contributed by atoms with E-state index in [9.17, 15) is 19.2 Å². The fourth-order valence-electron chi connectivity index (χ4n) is 3.12. The van der Waals surface area contributed by atoms with E-state index in [0.717, 1.165) is 5.56 Å². The van der Waals surface area contributed by atoms with Crippen LogP contribution in [0.15, 0.2) is 24.3 Å². The van der Waals surface area contributed by atoms with Crippen LogP contribution in [0.3, 0.4) is 0 Å². The van der Waals surface area contributed by atoms with Crippen molar-refractivity contribution in [2.24, 2.45) is 5.73 Å². The molecule has 1 rings (SSSR count). The molecule has 0 spiro atoms. The highest BCUT2D eigenvalue weighted by Gasteiger charge is 2.34. The van der Waals surface area contributed by atoms with Crippen molar-refractivity contribution in [3.8, 4) is 0 Å². The number of aryl methyl sites for hydroxylation is 1. The molecule has 0 radical (unpaired) electrons. The summed E-state index contributed by atoms with van der Waals surface area (Å²) < 4.78 is 5.25. The van der Waals surface area contributed by atoms with Crippen LogP contribution in [-0.4, -0.2) is 53.4 Å². The molecule has 0 heterocycles. The summed E-state index contributed by atoms with van der Waals surface area (Å²) in [4.78, 5) is 51.3. The predicted molar refractivity (Wildman–Crippen MR) is 122 cm³/mol. The minimum Gasteiger partial charge on any atom is -0.444 e. The fourth-order valence-corrected chi connectivity index (χ4v) is 3.12. The number of amides is 4. The minimum atomic E-state index is -1.10. The van der Waals surface area contributed by atoms with Crippen LogP contribution >= 0.6 is 0 Å². The summed E-state index contributed by atoms with van der Waals surface area (Å²) in [5.74, 6) is -1.50. The highest BCUT2D eigenvalue weighted by molar-refractivity contribution is 5.92. The first-order valence-electron chi connectivity index (χ1n) is 10.6. The number of primary amides is 1. The van der Waals surface area contributed by atoms with E-state index in [2.05, 4.69) is 10.6 Å². The van der Waals surface area contributed by atoms with Gasteiger partial charge in [0, 0.05) is 19.5 Å². The molecule has 4 amide bonds. The number of rotatable bonds is 9. The van der Waals surface area contributed by atoms with E-state index < -0.39 is 35.6 Å². The molecular weight excluding hydrogens is 412 g/mol. The van der Waals surface area contributed by atoms with Gasteiger partial charge in [-0.3, -0.25) is 14.4 Å². The molecule has 178 valence electrons. The molecule has 0 aliphatic carbocycles. The quantitative estimate of drug-likeness (QED) is 0.533. The van der Waals surface area contributed by atoms with Gasteiger partial charge >= 0.3 is 6.09 Å². The maximum absolute atomic E-state index is 13.4. The molecule has 1 aromatic rings. The topological polar surface area (TPSA) is 131 Å². The number of carbonyl (C=O) groups excluding carboxylic acids is 4. The van der Waals surface area contributed by atoms with E-state index in [1.807, 2.05) is 39.0 Å². The third-order valence-corrected chi connectivity index (χ3v) is 4.44. The smallest absolute Gasteiger partial charge is 0.408 e. The zero-order chi connectivity index (χ0) is 24.6. The number of hydrogen-bond acceptors (Lipinski definition) is 5. The Hall–Kier alpha value is -3.10. The Kier molecular flexibility index (Phi) is 9.68. The standard InChI is InChI=1S/C23H36N4O5/c1-14(2)25-20(29)19(16-10-8-9-15(3)13-16)27(7)21(30)17(11-12-18(24)28)26-22(31)32-23(4,5)6/h8-10,13-14,17,19H,11-12H2,1-7H3,(H2,24,28)(H,25,29)(H,26,31). The summed E-state index contributed by atoms with van der Waals surface area (Å²) in [7, 11) is 1.49. The monoisotopic (exact) mass is 448 g/mol. The van der Waals surface area contributed by atoms with Gasteiger partial charge in [0.15, 0.2) is 0 Å². The van der Waals surface area contributed by atoms with E-state index in [1.165, 1.54) is 11.9 Å². The molecule has 0 aliphatic heterocycles. The molecule has 2 unspecified atom stereocenters. The molecule has 9 nitrogen and oxygen atoms in total. The SMILES string of the molecule is Cc1cccc(C(C(=O)NC(C)C)N(C)C(=O)C(CCC(N)=O)NC(=O)OC(C)(C)C)c1. The van der Waals surface area contributed by atoms with Crippen molar-refractivity contribution in [2.75, 3.05) is 7.05 Å². The predicted octanol–water partition coefficient (Wildman–Crippen LogP) is 2.18. The van der Waals surface area contributed by atoms with Crippen molar-refractivity contribution in [2.45, 2.75) is 78.1 Å². The molecular formula is C23H36N4O5. The van der Waals surface area contributed by atoms with E-state index in [1.54, 1.807) is 26.8 Å². The van der Waals surface area contributed by atoms with Gasteiger partial charge in [-0.15, -0.1) is 0 Å². The van der Waals surface area contributed by atoms with Crippen LogP contribution in [0.5, 0.6) is 0 Å². The van der Waals surface area contributed by atoms with E-state index in [0.29, 0.717) is 5.56 Å². The van der Waals surface area contributed by atoms with Gasteiger partial charge < -0.3 is 26.0 Å². The number of nitrogens with zero attached hydrogens (tertiary/aromatic N) is 1. The maximum atomic E-state index is 13.4. The first-order chi connectivity index (χ1) is 14.7. The second kappa shape index (κ2) is 11.5. The first kappa shape index (κ1) is 26.9. The zero-order valence-corrected chi connectivity index (χ0v) is 20.0. The summed E-state index contributed by atoms with van der Waals surface area (Å²) in [6.07, 6.45) is -0.940. The summed E-state index contributed by atoms with van der Waals surface area (Å²) in [6.45, 7) is 10.6. The lowest BCUT2D eigenvalue weighted by Gasteiger charge is -2.32. The van der Waals surface area contributed by atoms with Crippen LogP contribution in [0, 0.1) is 6.92 Å². The van der Waals surface area contributed by atoms with Gasteiger partial charge in [0.2, 0.25) is 17.7 Å². The molecule has 0 fully saturated rings. The van der Waals surface area contributed by atoms with Crippen molar-refractivity contribution in [1.82, 2.24) is 15.5 Å². The van der Waals surface area contributed by atoms with Gasteiger partial charge in [0.05, 0.1) is 0 Å². The van der Waals surface area contributed by atoms with Crippen LogP contribution < -0.4 is 16.4 Å². The average molecular weight is 449 g/mol. The number of ether oxygens (including phenoxy) is 1. The summed E-state index contributed by atoms with van der Waals surface area (Å²) in [5.41, 5.74) is 6.04. The van der Waals surface area contributed by atoms with E-state index in [-0.39, 0.29) is 24.8 Å². The van der Waals surface area contributed by atoms with Crippen LogP contribution in [0.2, 0.25) is 0 Å². The molecule has 32 heavy (non-hydrogen) atoms. The number of nitrogens with one attached hydrogen (secondary N) is 2. The van der Waals surface area contributed by atoms with Crippen LogP contribution in [-0.2, 0) is 19.1 Å². The molecule has 0 bridgehead atoms. The Morgan fingerprint density at radius 2 is 1.75 bits per heavy atom. The third kappa shape index (κ3) is 8.95. The Morgan fingerprint density at radius 1 is 1.12 bits per heavy atom. The number of alkyl carbamates (subject to hydrolysis) is 1. The molecule has 9 heteroatoms. The number of nitrogens with two attached hydrogens (primary N) is 1. The van der Waals surface area contributed by atoms with Gasteiger partial charge in [0.1, 0.15) is 17.7 Å². The summed E-state index contributed by atoms with van der Waals surface area (Å²) >= 11 is 0. The Balaban J connectivity index is 3.24. The lowest BCUT2D eigenvalue weighted by atomic mass is 10.0. The van der Waals surface area contributed by atoms with Crippen LogP contribution in [0.4, 0.5) is 4.79 Å². The second-order valence-electron chi connectivity index (χ2n) is 9.13. The normalized spacial score (nSPS) is 13.1. The highest BCUT2D eigenvalue weighted by atomic mass is 16.6.